The molecule has 1 aromatic heterocycles. The van der Waals surface area contributed by atoms with Gasteiger partial charge in [-0.25, -0.2) is 4.98 Å². The largest absolute Gasteiger partial charge is 0.236 e. The van der Waals surface area contributed by atoms with E-state index in [0.29, 0.717) is 0 Å². The first-order chi connectivity index (χ1) is 8.22. The van der Waals surface area contributed by atoms with Crippen LogP contribution in [0.2, 0.25) is 0 Å². The van der Waals surface area contributed by atoms with Gasteiger partial charge in [0, 0.05) is 5.56 Å². The van der Waals surface area contributed by atoms with Gasteiger partial charge in [-0.1, -0.05) is 41.3 Å². The highest BCUT2D eigenvalue weighted by Crippen LogP contribution is 2.28. The summed E-state index contributed by atoms with van der Waals surface area (Å²) >= 11 is 1.76. The first kappa shape index (κ1) is 10.6. The van der Waals surface area contributed by atoms with Crippen LogP contribution in [0.1, 0.15) is 0 Å². The zero-order valence-corrected chi connectivity index (χ0v) is 10.7. The van der Waals surface area contributed by atoms with E-state index in [0.717, 1.165) is 10.5 Å². The van der Waals surface area contributed by atoms with Crippen LogP contribution in [0.4, 0.5) is 0 Å². The van der Waals surface area contributed by atoms with E-state index in [1.807, 2.05) is 6.07 Å². The topological polar surface area (TPSA) is 12.9 Å². The van der Waals surface area contributed by atoms with Gasteiger partial charge in [0.15, 0.2) is 0 Å². The van der Waals surface area contributed by atoms with Crippen molar-refractivity contribution in [3.05, 3.63) is 42.5 Å². The Morgan fingerprint density at radius 2 is 1.65 bits per heavy atom. The SMILES string of the molecule is Bc1cc(B)cc(-c2nc3ccccc3s2)c1. The number of para-hydroxylation sites is 1. The molecule has 0 atom stereocenters. The van der Waals surface area contributed by atoms with E-state index in [9.17, 15) is 0 Å². The second-order valence-corrected chi connectivity index (χ2v) is 5.39. The molecule has 17 heavy (non-hydrogen) atoms. The van der Waals surface area contributed by atoms with Gasteiger partial charge in [0.25, 0.3) is 0 Å². The first-order valence-corrected chi connectivity index (χ1v) is 6.48. The summed E-state index contributed by atoms with van der Waals surface area (Å²) in [4.78, 5) is 4.68. The first-order valence-electron chi connectivity index (χ1n) is 5.66. The summed E-state index contributed by atoms with van der Waals surface area (Å²) in [5, 5.41) is 1.11. The number of nitrogens with zero attached hydrogens (tertiary/aromatic N) is 1. The van der Waals surface area contributed by atoms with Gasteiger partial charge in [-0.3, -0.25) is 0 Å². The Labute approximate surface area is 106 Å². The highest BCUT2D eigenvalue weighted by atomic mass is 32.1. The molecule has 0 fully saturated rings. The maximum Gasteiger partial charge on any atom is 0.139 e. The van der Waals surface area contributed by atoms with Gasteiger partial charge < -0.3 is 0 Å². The van der Waals surface area contributed by atoms with Gasteiger partial charge in [0.1, 0.15) is 20.7 Å². The second kappa shape index (κ2) is 4.04. The molecule has 0 saturated heterocycles. The fraction of sp³-hybridized carbons (Fsp3) is 0. The van der Waals surface area contributed by atoms with Crippen molar-refractivity contribution in [2.45, 2.75) is 0 Å². The predicted molar refractivity (Wildman–Crippen MR) is 81.4 cm³/mol. The summed E-state index contributed by atoms with van der Waals surface area (Å²) in [5.41, 5.74) is 4.90. The number of hydrogen-bond acceptors (Lipinski definition) is 2. The minimum absolute atomic E-state index is 1.09. The third kappa shape index (κ3) is 2.01. The van der Waals surface area contributed by atoms with Crippen LogP contribution in [-0.4, -0.2) is 20.7 Å². The van der Waals surface area contributed by atoms with Crippen molar-refractivity contribution in [3.63, 3.8) is 0 Å². The number of rotatable bonds is 1. The van der Waals surface area contributed by atoms with Crippen molar-refractivity contribution in [1.29, 1.82) is 0 Å². The molecule has 0 aliphatic heterocycles. The molecule has 0 radical (unpaired) electrons. The van der Waals surface area contributed by atoms with E-state index >= 15 is 0 Å². The molecule has 1 nitrogen and oxygen atoms in total. The number of benzene rings is 2. The van der Waals surface area contributed by atoms with Gasteiger partial charge >= 0.3 is 0 Å². The summed E-state index contributed by atoms with van der Waals surface area (Å²) < 4.78 is 1.25. The van der Waals surface area contributed by atoms with E-state index in [1.54, 1.807) is 11.3 Å². The molecule has 0 aliphatic carbocycles. The standard InChI is InChI=1S/C13H11B2NS/c14-9-5-8(6-10(15)7-9)13-16-11-3-1-2-4-12(11)17-13/h1-7H,14-15H2. The lowest BCUT2D eigenvalue weighted by Crippen LogP contribution is -2.13. The van der Waals surface area contributed by atoms with Crippen LogP contribution in [0.3, 0.4) is 0 Å². The van der Waals surface area contributed by atoms with Gasteiger partial charge in [0.05, 0.1) is 10.2 Å². The van der Waals surface area contributed by atoms with E-state index in [-0.39, 0.29) is 0 Å². The average molecular weight is 235 g/mol. The van der Waals surface area contributed by atoms with E-state index in [4.69, 9.17) is 0 Å². The molecule has 0 bridgehead atoms. The van der Waals surface area contributed by atoms with E-state index < -0.39 is 0 Å². The molecule has 0 saturated carbocycles. The molecular formula is C13H11B2NS. The van der Waals surface area contributed by atoms with Crippen LogP contribution >= 0.6 is 11.3 Å². The predicted octanol–water partition coefficient (Wildman–Crippen LogP) is 0.480. The monoisotopic (exact) mass is 235 g/mol. The van der Waals surface area contributed by atoms with Crippen molar-refractivity contribution in [1.82, 2.24) is 4.98 Å². The third-order valence-corrected chi connectivity index (χ3v) is 3.85. The summed E-state index contributed by atoms with van der Waals surface area (Å²) in [6, 6.07) is 14.9. The molecule has 3 rings (SSSR count). The van der Waals surface area contributed by atoms with E-state index in [2.05, 4.69) is 57.1 Å². The fourth-order valence-corrected chi connectivity index (χ4v) is 3.05. The van der Waals surface area contributed by atoms with Crippen molar-refractivity contribution in [2.24, 2.45) is 0 Å². The Hall–Kier alpha value is -1.54. The van der Waals surface area contributed by atoms with Crippen LogP contribution < -0.4 is 10.9 Å². The highest BCUT2D eigenvalue weighted by molar-refractivity contribution is 7.21. The average Bonchev–Trinajstić information content (AvgIpc) is 2.71. The van der Waals surface area contributed by atoms with Gasteiger partial charge in [-0.2, -0.15) is 0 Å². The van der Waals surface area contributed by atoms with Gasteiger partial charge in [-0.05, 0) is 12.1 Å². The smallest absolute Gasteiger partial charge is 0.139 e. The molecular weight excluding hydrogens is 224 g/mol. The van der Waals surface area contributed by atoms with Crippen LogP contribution in [-0.2, 0) is 0 Å². The molecule has 0 N–H and O–H groups in total. The molecule has 4 heteroatoms. The molecule has 1 heterocycles. The zero-order valence-electron chi connectivity index (χ0n) is 9.90. The number of thiazole rings is 1. The van der Waals surface area contributed by atoms with E-state index in [1.165, 1.54) is 21.2 Å². The highest BCUT2D eigenvalue weighted by Gasteiger charge is 2.06. The van der Waals surface area contributed by atoms with Crippen LogP contribution in [0.15, 0.2) is 42.5 Å². The summed E-state index contributed by atoms with van der Waals surface area (Å²) in [6.07, 6.45) is 0. The molecule has 3 aromatic rings. The summed E-state index contributed by atoms with van der Waals surface area (Å²) in [6.45, 7) is 0. The molecule has 0 unspecified atom stereocenters. The molecule has 2 aromatic carbocycles. The van der Waals surface area contributed by atoms with Crippen LogP contribution in [0, 0.1) is 0 Å². The Morgan fingerprint density at radius 3 is 2.35 bits per heavy atom. The summed E-state index contributed by atoms with van der Waals surface area (Å²) in [5.74, 6) is 0. The Bertz CT molecular complexity index is 637. The summed E-state index contributed by atoms with van der Waals surface area (Å²) in [7, 11) is 4.26. The van der Waals surface area contributed by atoms with Gasteiger partial charge in [0.2, 0.25) is 0 Å². The minimum atomic E-state index is 1.09. The number of fused-ring (bicyclic) bond motifs is 1. The third-order valence-electron chi connectivity index (χ3n) is 2.76. The van der Waals surface area contributed by atoms with Crippen molar-refractivity contribution in [3.8, 4) is 10.6 Å². The van der Waals surface area contributed by atoms with Crippen LogP contribution in [0.25, 0.3) is 20.8 Å². The maximum absolute atomic E-state index is 4.68. The lowest BCUT2D eigenvalue weighted by atomic mass is 9.86. The lowest BCUT2D eigenvalue weighted by Gasteiger charge is -2.01. The Morgan fingerprint density at radius 1 is 0.941 bits per heavy atom. The second-order valence-electron chi connectivity index (χ2n) is 4.36. The maximum atomic E-state index is 4.68. The Kier molecular flexibility index (Phi) is 2.52. The van der Waals surface area contributed by atoms with Crippen LogP contribution in [0.5, 0.6) is 0 Å². The minimum Gasteiger partial charge on any atom is -0.236 e. The number of aromatic nitrogens is 1. The molecule has 0 amide bonds. The van der Waals surface area contributed by atoms with Crippen molar-refractivity contribution < 1.29 is 0 Å². The fourth-order valence-electron chi connectivity index (χ4n) is 2.09. The lowest BCUT2D eigenvalue weighted by molar-refractivity contribution is 1.48. The van der Waals surface area contributed by atoms with Gasteiger partial charge in [-0.15, -0.1) is 11.3 Å². The molecule has 0 spiro atoms. The number of hydrogen-bond donors (Lipinski definition) is 0. The molecule has 80 valence electrons. The molecule has 0 aliphatic rings. The quantitative estimate of drug-likeness (QED) is 0.559. The zero-order chi connectivity index (χ0) is 11.8. The normalized spacial score (nSPS) is 10.8. The van der Waals surface area contributed by atoms with Crippen molar-refractivity contribution >= 4 is 48.2 Å². The Balaban J connectivity index is 2.20. The van der Waals surface area contributed by atoms with Crippen molar-refractivity contribution in [2.75, 3.05) is 0 Å².